The molecule has 1 unspecified atom stereocenters. The molecule has 0 radical (unpaired) electrons. The zero-order valence-corrected chi connectivity index (χ0v) is 16.4. The molecule has 156 valence electrons. The van der Waals surface area contributed by atoms with E-state index in [-0.39, 0.29) is 54.0 Å². The molecule has 2 amide bonds. The number of likely N-dealkylation sites (tertiary alicyclic amines) is 1. The second-order valence-electron chi connectivity index (χ2n) is 7.02. The monoisotopic (exact) mass is 417 g/mol. The van der Waals surface area contributed by atoms with Crippen molar-refractivity contribution < 1.29 is 23.1 Å². The highest BCUT2D eigenvalue weighted by molar-refractivity contribution is 5.97. The Morgan fingerprint density at radius 2 is 2.00 bits per heavy atom. The van der Waals surface area contributed by atoms with E-state index >= 15 is 0 Å². The molecule has 0 aliphatic carbocycles. The van der Waals surface area contributed by atoms with Crippen molar-refractivity contribution in [2.45, 2.75) is 38.3 Å². The molecule has 2 fully saturated rings. The lowest BCUT2D eigenvalue weighted by atomic mass is 9.95. The van der Waals surface area contributed by atoms with E-state index in [9.17, 15) is 18.4 Å². The number of amides is 2. The minimum Gasteiger partial charge on any atom is -0.434 e. The number of benzene rings is 1. The number of piperidine rings is 2. The van der Waals surface area contributed by atoms with E-state index in [0.29, 0.717) is 19.4 Å². The minimum atomic E-state index is -3.00. The Hall–Kier alpha value is -1.93. The van der Waals surface area contributed by atoms with E-state index in [1.54, 1.807) is 17.0 Å². The van der Waals surface area contributed by atoms with Gasteiger partial charge in [0.25, 0.3) is 5.91 Å². The highest BCUT2D eigenvalue weighted by Gasteiger charge is 2.31. The first-order chi connectivity index (χ1) is 13.0. The van der Waals surface area contributed by atoms with Crippen LogP contribution in [0.2, 0.25) is 0 Å². The topological polar surface area (TPSA) is 70.7 Å². The van der Waals surface area contributed by atoms with Crippen molar-refractivity contribution in [1.82, 2.24) is 15.5 Å². The molecule has 1 aromatic rings. The minimum absolute atomic E-state index is 0. The number of para-hydroxylation sites is 1. The average Bonchev–Trinajstić information content (AvgIpc) is 2.68. The molecule has 28 heavy (non-hydrogen) atoms. The zero-order valence-electron chi connectivity index (χ0n) is 15.5. The van der Waals surface area contributed by atoms with Gasteiger partial charge >= 0.3 is 6.61 Å². The van der Waals surface area contributed by atoms with Crippen molar-refractivity contribution in [3.05, 3.63) is 29.8 Å². The molecule has 0 saturated carbocycles. The van der Waals surface area contributed by atoms with Gasteiger partial charge in [-0.2, -0.15) is 8.78 Å². The molecular formula is C19H26ClF2N3O3. The molecule has 6 nitrogen and oxygen atoms in total. The van der Waals surface area contributed by atoms with E-state index in [0.717, 1.165) is 25.9 Å². The van der Waals surface area contributed by atoms with Crippen LogP contribution in [0.25, 0.3) is 0 Å². The van der Waals surface area contributed by atoms with Gasteiger partial charge in [-0.25, -0.2) is 0 Å². The number of rotatable bonds is 5. The van der Waals surface area contributed by atoms with Crippen molar-refractivity contribution >= 4 is 24.2 Å². The van der Waals surface area contributed by atoms with Gasteiger partial charge in [-0.3, -0.25) is 9.59 Å². The molecule has 0 spiro atoms. The Morgan fingerprint density at radius 3 is 2.71 bits per heavy atom. The third-order valence-electron chi connectivity index (χ3n) is 5.06. The lowest BCUT2D eigenvalue weighted by Gasteiger charge is -2.34. The summed E-state index contributed by atoms with van der Waals surface area (Å²) in [5.41, 5.74) is 0.0929. The fourth-order valence-corrected chi connectivity index (χ4v) is 3.68. The highest BCUT2D eigenvalue weighted by atomic mass is 35.5. The van der Waals surface area contributed by atoms with Crippen LogP contribution >= 0.6 is 12.4 Å². The van der Waals surface area contributed by atoms with Crippen LogP contribution in [0.15, 0.2) is 24.3 Å². The number of hydrogen-bond donors (Lipinski definition) is 2. The maximum atomic E-state index is 12.8. The molecule has 2 atom stereocenters. The summed E-state index contributed by atoms with van der Waals surface area (Å²) in [4.78, 5) is 27.0. The number of carbonyl (C=O) groups is 2. The molecule has 9 heteroatoms. The number of hydrogen-bond acceptors (Lipinski definition) is 4. The number of nitrogens with zero attached hydrogens (tertiary/aromatic N) is 1. The lowest BCUT2D eigenvalue weighted by molar-refractivity contribution is -0.127. The summed E-state index contributed by atoms with van der Waals surface area (Å²) >= 11 is 0. The predicted octanol–water partition coefficient (Wildman–Crippen LogP) is 2.43. The van der Waals surface area contributed by atoms with E-state index in [4.69, 9.17) is 0 Å². The fourth-order valence-electron chi connectivity index (χ4n) is 3.68. The van der Waals surface area contributed by atoms with Crippen molar-refractivity contribution in [3.63, 3.8) is 0 Å². The third kappa shape index (κ3) is 5.78. The largest absolute Gasteiger partial charge is 0.434 e. The lowest BCUT2D eigenvalue weighted by Crippen LogP contribution is -2.51. The van der Waals surface area contributed by atoms with Crippen LogP contribution in [0.3, 0.4) is 0 Å². The molecule has 3 rings (SSSR count). The number of ether oxygens (including phenoxy) is 1. The Balaban J connectivity index is 0.00000280. The molecule has 0 bridgehead atoms. The maximum Gasteiger partial charge on any atom is 0.387 e. The Bertz CT molecular complexity index is 672. The number of halogens is 3. The summed E-state index contributed by atoms with van der Waals surface area (Å²) < 4.78 is 29.6. The van der Waals surface area contributed by atoms with E-state index in [1.165, 1.54) is 12.1 Å². The van der Waals surface area contributed by atoms with Gasteiger partial charge in [0.15, 0.2) is 0 Å². The number of alkyl halides is 2. The van der Waals surface area contributed by atoms with E-state index in [2.05, 4.69) is 15.4 Å². The van der Waals surface area contributed by atoms with Gasteiger partial charge in [-0.05, 0) is 44.4 Å². The molecule has 1 aromatic carbocycles. The summed E-state index contributed by atoms with van der Waals surface area (Å²) in [7, 11) is 0. The van der Waals surface area contributed by atoms with Crippen LogP contribution < -0.4 is 15.4 Å². The van der Waals surface area contributed by atoms with Gasteiger partial charge in [0.05, 0.1) is 11.5 Å². The normalized spacial score (nSPS) is 22.3. The Morgan fingerprint density at radius 1 is 1.21 bits per heavy atom. The standard InChI is InChI=1S/C19H25F2N3O3.ClH/c20-19(21)27-16-8-2-1-7-15(16)18(26)24-10-4-5-13(12-24)17(25)23-14-6-3-9-22-11-14;/h1-2,7-8,13-14,19,22H,3-6,9-12H2,(H,23,25);1H/t13?,14-;/m0./s1. The van der Waals surface area contributed by atoms with Gasteiger partial charge in [-0.15, -0.1) is 12.4 Å². The van der Waals surface area contributed by atoms with Gasteiger partial charge in [0.2, 0.25) is 5.91 Å². The van der Waals surface area contributed by atoms with Gasteiger partial charge in [0, 0.05) is 25.7 Å². The molecule has 2 heterocycles. The predicted molar refractivity (Wildman–Crippen MR) is 103 cm³/mol. The molecule has 2 saturated heterocycles. The van der Waals surface area contributed by atoms with Gasteiger partial charge < -0.3 is 20.3 Å². The second kappa shape index (κ2) is 10.6. The van der Waals surface area contributed by atoms with Crippen LogP contribution in [0, 0.1) is 5.92 Å². The molecule has 2 N–H and O–H groups in total. The van der Waals surface area contributed by atoms with Crippen LogP contribution in [-0.4, -0.2) is 55.5 Å². The van der Waals surface area contributed by atoms with Crippen LogP contribution in [-0.2, 0) is 4.79 Å². The Labute approximate surface area is 169 Å². The first kappa shape index (κ1) is 22.4. The molecule has 2 aliphatic heterocycles. The van der Waals surface area contributed by atoms with Crippen molar-refractivity contribution in [2.75, 3.05) is 26.2 Å². The summed E-state index contributed by atoms with van der Waals surface area (Å²) in [5, 5.41) is 6.32. The number of carbonyl (C=O) groups excluding carboxylic acids is 2. The summed E-state index contributed by atoms with van der Waals surface area (Å²) in [6, 6.07) is 6.09. The maximum absolute atomic E-state index is 12.8. The summed E-state index contributed by atoms with van der Waals surface area (Å²) in [6.07, 6.45) is 3.39. The molecular weight excluding hydrogens is 392 g/mol. The van der Waals surface area contributed by atoms with Gasteiger partial charge in [-0.1, -0.05) is 12.1 Å². The quantitative estimate of drug-likeness (QED) is 0.772. The smallest absolute Gasteiger partial charge is 0.387 e. The van der Waals surface area contributed by atoms with E-state index < -0.39 is 6.61 Å². The van der Waals surface area contributed by atoms with E-state index in [1.807, 2.05) is 0 Å². The molecule has 2 aliphatic rings. The third-order valence-corrected chi connectivity index (χ3v) is 5.06. The van der Waals surface area contributed by atoms with Crippen molar-refractivity contribution in [2.24, 2.45) is 5.92 Å². The zero-order chi connectivity index (χ0) is 19.2. The Kier molecular flexibility index (Phi) is 8.44. The number of nitrogens with one attached hydrogen (secondary N) is 2. The second-order valence-corrected chi connectivity index (χ2v) is 7.02. The first-order valence-electron chi connectivity index (χ1n) is 9.39. The van der Waals surface area contributed by atoms with Crippen LogP contribution in [0.4, 0.5) is 8.78 Å². The summed E-state index contributed by atoms with van der Waals surface area (Å²) in [6.45, 7) is -0.481. The van der Waals surface area contributed by atoms with Crippen molar-refractivity contribution in [3.8, 4) is 5.75 Å². The first-order valence-corrected chi connectivity index (χ1v) is 9.39. The van der Waals surface area contributed by atoms with Crippen molar-refractivity contribution in [1.29, 1.82) is 0 Å². The fraction of sp³-hybridized carbons (Fsp3) is 0.579. The van der Waals surface area contributed by atoms with Gasteiger partial charge in [0.1, 0.15) is 5.75 Å². The van der Waals surface area contributed by atoms with Crippen LogP contribution in [0.5, 0.6) is 5.75 Å². The average molecular weight is 418 g/mol. The summed E-state index contributed by atoms with van der Waals surface area (Å²) in [5.74, 6) is -0.855. The SMILES string of the molecule is Cl.O=C(N[C@H]1CCCNC1)C1CCCN(C(=O)c2ccccc2OC(F)F)C1. The highest BCUT2D eigenvalue weighted by Crippen LogP contribution is 2.25. The van der Waals surface area contributed by atoms with Crippen LogP contribution in [0.1, 0.15) is 36.0 Å². The molecule has 0 aromatic heterocycles.